The fourth-order valence-corrected chi connectivity index (χ4v) is 7.58. The quantitative estimate of drug-likeness (QED) is 0.580. The van der Waals surface area contributed by atoms with Gasteiger partial charge in [-0.25, -0.2) is 0 Å². The number of rotatable bonds is 5. The van der Waals surface area contributed by atoms with Gasteiger partial charge >= 0.3 is 0 Å². The second-order valence-electron chi connectivity index (χ2n) is 7.26. The summed E-state index contributed by atoms with van der Waals surface area (Å²) in [4.78, 5) is 0. The zero-order chi connectivity index (χ0) is 16.9. The molecule has 0 heterocycles. The minimum atomic E-state index is -2.36. The Morgan fingerprint density at radius 2 is 1.30 bits per heavy atom. The summed E-state index contributed by atoms with van der Waals surface area (Å²) in [5, 5.41) is 2.72. The van der Waals surface area contributed by atoms with Crippen LogP contribution in [0, 0.1) is 0 Å². The first-order chi connectivity index (χ1) is 10.9. The molecule has 0 unspecified atom stereocenters. The second-order valence-corrected chi connectivity index (χ2v) is 11.6. The van der Waals surface area contributed by atoms with E-state index in [1.54, 1.807) is 0 Å². The first-order valence-corrected chi connectivity index (χ1v) is 10.2. The van der Waals surface area contributed by atoms with Gasteiger partial charge in [0.1, 0.15) is 0 Å². The van der Waals surface area contributed by atoms with Crippen molar-refractivity contribution in [1.29, 1.82) is 0 Å². The fourth-order valence-electron chi connectivity index (χ4n) is 3.09. The molecule has 23 heavy (non-hydrogen) atoms. The van der Waals surface area contributed by atoms with Crippen LogP contribution in [0.3, 0.4) is 0 Å². The van der Waals surface area contributed by atoms with Crippen LogP contribution in [0.1, 0.15) is 34.6 Å². The predicted molar refractivity (Wildman–Crippen MR) is 103 cm³/mol. The molecule has 2 heteroatoms. The average Bonchev–Trinajstić information content (AvgIpc) is 2.52. The molecule has 2 aromatic rings. The molecule has 0 fully saturated rings. The van der Waals surface area contributed by atoms with E-state index in [0.717, 1.165) is 0 Å². The molecule has 0 aliphatic carbocycles. The van der Waals surface area contributed by atoms with Crippen LogP contribution in [-0.4, -0.2) is 14.9 Å². The topological polar surface area (TPSA) is 9.23 Å². The van der Waals surface area contributed by atoms with Gasteiger partial charge in [0.2, 0.25) is 0 Å². The molecule has 0 aliphatic rings. The fraction of sp³-hybridized carbons (Fsp3) is 0.333. The first-order valence-electron chi connectivity index (χ1n) is 8.26. The molecule has 1 nitrogen and oxygen atoms in total. The molecule has 0 saturated carbocycles. The van der Waals surface area contributed by atoms with Gasteiger partial charge in [-0.1, -0.05) is 93.1 Å². The molecule has 2 aromatic carbocycles. The van der Waals surface area contributed by atoms with Gasteiger partial charge in [-0.15, -0.1) is 0 Å². The SMILES string of the molecule is CC(C)=CCO[Si](c1ccccc1)(c1ccccc1)C(C)(C)C. The minimum Gasteiger partial charge on any atom is -0.404 e. The summed E-state index contributed by atoms with van der Waals surface area (Å²) < 4.78 is 6.74. The van der Waals surface area contributed by atoms with E-state index in [4.69, 9.17) is 4.43 Å². The Bertz CT molecular complexity index is 595. The summed E-state index contributed by atoms with van der Waals surface area (Å²) in [7, 11) is -2.36. The van der Waals surface area contributed by atoms with Crippen molar-refractivity contribution in [2.75, 3.05) is 6.61 Å². The van der Waals surface area contributed by atoms with Crippen molar-refractivity contribution in [3.8, 4) is 0 Å². The van der Waals surface area contributed by atoms with Crippen molar-refractivity contribution in [2.45, 2.75) is 39.7 Å². The lowest BCUT2D eigenvalue weighted by molar-refractivity contribution is 0.338. The Hall–Kier alpha value is -1.64. The summed E-state index contributed by atoms with van der Waals surface area (Å²) in [6.45, 7) is 11.8. The van der Waals surface area contributed by atoms with Crippen molar-refractivity contribution in [3.63, 3.8) is 0 Å². The Labute approximate surface area is 142 Å². The molecule has 2 rings (SSSR count). The highest BCUT2D eigenvalue weighted by molar-refractivity contribution is 6.99. The molecule has 0 aliphatic heterocycles. The standard InChI is InChI=1S/C21H28OSi/c1-18(2)16-17-22-23(21(3,4)5,19-12-8-6-9-13-19)20-14-10-7-11-15-20/h6-16H,17H2,1-5H3. The van der Waals surface area contributed by atoms with Gasteiger partial charge in [0.05, 0.1) is 6.61 Å². The van der Waals surface area contributed by atoms with E-state index >= 15 is 0 Å². The molecule has 0 N–H and O–H groups in total. The molecule has 0 bridgehead atoms. The zero-order valence-electron chi connectivity index (χ0n) is 15.0. The van der Waals surface area contributed by atoms with Crippen LogP contribution in [0.2, 0.25) is 5.04 Å². The Kier molecular flexibility index (Phi) is 5.61. The van der Waals surface area contributed by atoms with Crippen LogP contribution >= 0.6 is 0 Å². The van der Waals surface area contributed by atoms with E-state index in [0.29, 0.717) is 6.61 Å². The van der Waals surface area contributed by atoms with Crippen LogP contribution in [0.4, 0.5) is 0 Å². The molecule has 0 saturated heterocycles. The van der Waals surface area contributed by atoms with E-state index < -0.39 is 8.32 Å². The van der Waals surface area contributed by atoms with E-state index in [9.17, 15) is 0 Å². The third-order valence-electron chi connectivity index (χ3n) is 4.21. The van der Waals surface area contributed by atoms with Crippen LogP contribution < -0.4 is 10.4 Å². The lowest BCUT2D eigenvalue weighted by atomic mass is 10.2. The Morgan fingerprint density at radius 3 is 1.65 bits per heavy atom. The third kappa shape index (κ3) is 3.82. The highest BCUT2D eigenvalue weighted by atomic mass is 28.4. The van der Waals surface area contributed by atoms with Gasteiger partial charge < -0.3 is 4.43 Å². The highest BCUT2D eigenvalue weighted by Crippen LogP contribution is 2.36. The Morgan fingerprint density at radius 1 is 0.870 bits per heavy atom. The monoisotopic (exact) mass is 324 g/mol. The van der Waals surface area contributed by atoms with Crippen LogP contribution in [0.5, 0.6) is 0 Å². The Balaban J connectivity index is 2.62. The largest absolute Gasteiger partial charge is 0.404 e. The molecule has 0 atom stereocenters. The molecular formula is C21H28OSi. The lowest BCUT2D eigenvalue weighted by Crippen LogP contribution is -2.66. The van der Waals surface area contributed by atoms with Gasteiger partial charge in [-0.05, 0) is 29.3 Å². The van der Waals surface area contributed by atoms with Gasteiger partial charge in [0, 0.05) is 0 Å². The van der Waals surface area contributed by atoms with Crippen molar-refractivity contribution < 1.29 is 4.43 Å². The van der Waals surface area contributed by atoms with Crippen LogP contribution in [-0.2, 0) is 4.43 Å². The van der Waals surface area contributed by atoms with Crippen LogP contribution in [0.15, 0.2) is 72.3 Å². The second kappa shape index (κ2) is 7.29. The summed E-state index contributed by atoms with van der Waals surface area (Å²) in [6.07, 6.45) is 2.18. The van der Waals surface area contributed by atoms with Gasteiger partial charge in [0.25, 0.3) is 8.32 Å². The van der Waals surface area contributed by atoms with Crippen molar-refractivity contribution in [3.05, 3.63) is 72.3 Å². The van der Waals surface area contributed by atoms with E-state index in [1.807, 2.05) is 0 Å². The third-order valence-corrected chi connectivity index (χ3v) is 9.21. The van der Waals surface area contributed by atoms with Gasteiger partial charge in [0.15, 0.2) is 0 Å². The van der Waals surface area contributed by atoms with Gasteiger partial charge in [-0.2, -0.15) is 0 Å². The van der Waals surface area contributed by atoms with E-state index in [1.165, 1.54) is 15.9 Å². The van der Waals surface area contributed by atoms with E-state index in [2.05, 4.69) is 101 Å². The maximum absolute atomic E-state index is 6.74. The van der Waals surface area contributed by atoms with Crippen LogP contribution in [0.25, 0.3) is 0 Å². The lowest BCUT2D eigenvalue weighted by Gasteiger charge is -2.42. The number of allylic oxidation sites excluding steroid dienone is 1. The summed E-state index contributed by atoms with van der Waals surface area (Å²) in [5.41, 5.74) is 1.29. The molecule has 0 radical (unpaired) electrons. The predicted octanol–water partition coefficient (Wildman–Crippen LogP) is 4.53. The summed E-state index contributed by atoms with van der Waals surface area (Å²) in [6, 6.07) is 21.6. The summed E-state index contributed by atoms with van der Waals surface area (Å²) in [5.74, 6) is 0. The normalized spacial score (nSPS) is 12.0. The molecule has 0 spiro atoms. The van der Waals surface area contributed by atoms with E-state index in [-0.39, 0.29) is 5.04 Å². The number of hydrogen-bond acceptors (Lipinski definition) is 1. The minimum absolute atomic E-state index is 0.0468. The van der Waals surface area contributed by atoms with Crippen molar-refractivity contribution >= 4 is 18.7 Å². The number of benzene rings is 2. The van der Waals surface area contributed by atoms with Gasteiger partial charge in [-0.3, -0.25) is 0 Å². The molecule has 0 aromatic heterocycles. The molecular weight excluding hydrogens is 296 g/mol. The maximum atomic E-state index is 6.74. The smallest absolute Gasteiger partial charge is 0.261 e. The first kappa shape index (κ1) is 17.7. The maximum Gasteiger partial charge on any atom is 0.261 e. The average molecular weight is 325 g/mol. The molecule has 0 amide bonds. The molecule has 122 valence electrons. The zero-order valence-corrected chi connectivity index (χ0v) is 16.0. The van der Waals surface area contributed by atoms with Crippen molar-refractivity contribution in [2.24, 2.45) is 0 Å². The van der Waals surface area contributed by atoms with Crippen molar-refractivity contribution in [1.82, 2.24) is 0 Å². The number of hydrogen-bond donors (Lipinski definition) is 0. The highest BCUT2D eigenvalue weighted by Gasteiger charge is 2.49. The summed E-state index contributed by atoms with van der Waals surface area (Å²) >= 11 is 0.